The summed E-state index contributed by atoms with van der Waals surface area (Å²) in [5.74, 6) is -1.34. The molecule has 0 spiro atoms. The van der Waals surface area contributed by atoms with Crippen LogP contribution in [0.3, 0.4) is 0 Å². The van der Waals surface area contributed by atoms with Crippen molar-refractivity contribution in [2.24, 2.45) is 0 Å². The predicted octanol–water partition coefficient (Wildman–Crippen LogP) is -0.669. The number of carboxylic acid groups (broad SMARTS) is 1. The first-order valence-corrected chi connectivity index (χ1v) is 6.25. The standard InChI is InChI=1S/C8H18N2O4S/c1-4-10(3)6-5-9-15(13,14)7(2)8(11)12/h7,9H,4-6H2,1-3H3,(H,11,12). The van der Waals surface area contributed by atoms with Crippen LogP contribution in [0.5, 0.6) is 0 Å². The van der Waals surface area contributed by atoms with E-state index in [0.717, 1.165) is 13.5 Å². The van der Waals surface area contributed by atoms with Crippen LogP contribution in [0.1, 0.15) is 13.8 Å². The fraction of sp³-hybridized carbons (Fsp3) is 0.875. The van der Waals surface area contributed by atoms with E-state index in [-0.39, 0.29) is 6.54 Å². The molecule has 6 nitrogen and oxygen atoms in total. The van der Waals surface area contributed by atoms with Crippen LogP contribution in [0.2, 0.25) is 0 Å². The van der Waals surface area contributed by atoms with Crippen molar-refractivity contribution < 1.29 is 18.3 Å². The quantitative estimate of drug-likeness (QED) is 0.614. The van der Waals surface area contributed by atoms with Crippen molar-refractivity contribution in [2.45, 2.75) is 19.1 Å². The number of carboxylic acids is 1. The van der Waals surface area contributed by atoms with Crippen molar-refractivity contribution in [1.82, 2.24) is 9.62 Å². The molecular weight excluding hydrogens is 220 g/mol. The molecule has 0 aromatic carbocycles. The molecule has 2 N–H and O–H groups in total. The Morgan fingerprint density at radius 2 is 2.07 bits per heavy atom. The first-order chi connectivity index (χ1) is 6.81. The molecule has 15 heavy (non-hydrogen) atoms. The molecule has 0 radical (unpaired) electrons. The zero-order valence-corrected chi connectivity index (χ0v) is 10.0. The minimum atomic E-state index is -3.74. The second-order valence-electron chi connectivity index (χ2n) is 3.32. The monoisotopic (exact) mass is 238 g/mol. The van der Waals surface area contributed by atoms with Gasteiger partial charge in [0.05, 0.1) is 0 Å². The van der Waals surface area contributed by atoms with E-state index in [4.69, 9.17) is 5.11 Å². The van der Waals surface area contributed by atoms with Crippen LogP contribution in [0, 0.1) is 0 Å². The van der Waals surface area contributed by atoms with Gasteiger partial charge in [-0.3, -0.25) is 4.79 Å². The van der Waals surface area contributed by atoms with E-state index in [1.165, 1.54) is 0 Å². The lowest BCUT2D eigenvalue weighted by molar-refractivity contribution is -0.136. The van der Waals surface area contributed by atoms with E-state index in [2.05, 4.69) is 4.72 Å². The molecular formula is C8H18N2O4S. The highest BCUT2D eigenvalue weighted by Crippen LogP contribution is 1.97. The number of nitrogens with zero attached hydrogens (tertiary/aromatic N) is 1. The van der Waals surface area contributed by atoms with Gasteiger partial charge in [-0.15, -0.1) is 0 Å². The molecule has 0 fully saturated rings. The van der Waals surface area contributed by atoms with Gasteiger partial charge in [-0.2, -0.15) is 0 Å². The fourth-order valence-electron chi connectivity index (χ4n) is 0.795. The number of hydrogen-bond donors (Lipinski definition) is 2. The van der Waals surface area contributed by atoms with E-state index < -0.39 is 21.2 Å². The third kappa shape index (κ3) is 5.10. The SMILES string of the molecule is CCN(C)CCNS(=O)(=O)C(C)C(=O)O. The van der Waals surface area contributed by atoms with Crippen molar-refractivity contribution in [3.05, 3.63) is 0 Å². The van der Waals surface area contributed by atoms with Gasteiger partial charge >= 0.3 is 5.97 Å². The highest BCUT2D eigenvalue weighted by atomic mass is 32.2. The second kappa shape index (κ2) is 6.04. The second-order valence-corrected chi connectivity index (χ2v) is 5.40. The Morgan fingerprint density at radius 3 is 2.47 bits per heavy atom. The lowest BCUT2D eigenvalue weighted by Gasteiger charge is -2.15. The molecule has 0 aromatic rings. The normalized spacial score (nSPS) is 14.1. The Labute approximate surface area is 90.3 Å². The van der Waals surface area contributed by atoms with Crippen molar-refractivity contribution >= 4 is 16.0 Å². The van der Waals surface area contributed by atoms with Gasteiger partial charge in [0.15, 0.2) is 5.25 Å². The molecule has 0 aliphatic rings. The predicted molar refractivity (Wildman–Crippen MR) is 57.2 cm³/mol. The highest BCUT2D eigenvalue weighted by Gasteiger charge is 2.26. The van der Waals surface area contributed by atoms with Gasteiger partial charge in [0.25, 0.3) is 0 Å². The molecule has 0 aliphatic carbocycles. The van der Waals surface area contributed by atoms with Crippen LogP contribution in [0.4, 0.5) is 0 Å². The minimum absolute atomic E-state index is 0.226. The summed E-state index contributed by atoms with van der Waals surface area (Å²) >= 11 is 0. The van der Waals surface area contributed by atoms with Gasteiger partial charge in [0.1, 0.15) is 0 Å². The van der Waals surface area contributed by atoms with Crippen LogP contribution < -0.4 is 4.72 Å². The summed E-state index contributed by atoms with van der Waals surface area (Å²) in [4.78, 5) is 12.4. The smallest absolute Gasteiger partial charge is 0.323 e. The first-order valence-electron chi connectivity index (χ1n) is 4.71. The van der Waals surface area contributed by atoms with Crippen LogP contribution in [0.15, 0.2) is 0 Å². The van der Waals surface area contributed by atoms with E-state index in [9.17, 15) is 13.2 Å². The number of hydrogen-bond acceptors (Lipinski definition) is 4. The maximum Gasteiger partial charge on any atom is 0.323 e. The Balaban J connectivity index is 4.12. The number of carbonyl (C=O) groups is 1. The number of likely N-dealkylation sites (N-methyl/N-ethyl adjacent to an activating group) is 1. The van der Waals surface area contributed by atoms with Gasteiger partial charge in [0, 0.05) is 13.1 Å². The Bertz CT molecular complexity index is 302. The lowest BCUT2D eigenvalue weighted by Crippen LogP contribution is -2.40. The largest absolute Gasteiger partial charge is 0.480 e. The molecule has 0 aliphatic heterocycles. The number of rotatable bonds is 7. The molecule has 0 bridgehead atoms. The van der Waals surface area contributed by atoms with E-state index in [1.54, 1.807) is 0 Å². The number of nitrogens with one attached hydrogen (secondary N) is 1. The van der Waals surface area contributed by atoms with Crippen LogP contribution >= 0.6 is 0 Å². The molecule has 0 rings (SSSR count). The Morgan fingerprint density at radius 1 is 1.53 bits per heavy atom. The van der Waals surface area contributed by atoms with Crippen molar-refractivity contribution in [3.8, 4) is 0 Å². The summed E-state index contributed by atoms with van der Waals surface area (Å²) in [6.07, 6.45) is 0. The number of sulfonamides is 1. The van der Waals surface area contributed by atoms with Gasteiger partial charge in [-0.25, -0.2) is 13.1 Å². The van der Waals surface area contributed by atoms with Crippen LogP contribution in [-0.4, -0.2) is 56.3 Å². The van der Waals surface area contributed by atoms with Crippen molar-refractivity contribution in [3.63, 3.8) is 0 Å². The van der Waals surface area contributed by atoms with E-state index >= 15 is 0 Å². The minimum Gasteiger partial charge on any atom is -0.480 e. The molecule has 90 valence electrons. The van der Waals surface area contributed by atoms with Crippen LogP contribution in [-0.2, 0) is 14.8 Å². The summed E-state index contributed by atoms with van der Waals surface area (Å²) in [6, 6.07) is 0. The van der Waals surface area contributed by atoms with Crippen molar-refractivity contribution in [1.29, 1.82) is 0 Å². The third-order valence-electron chi connectivity index (χ3n) is 2.15. The summed E-state index contributed by atoms with van der Waals surface area (Å²) in [7, 11) is -1.88. The third-order valence-corrected chi connectivity index (χ3v) is 3.89. The van der Waals surface area contributed by atoms with Gasteiger partial charge in [-0.1, -0.05) is 6.92 Å². The number of aliphatic carboxylic acids is 1. The average molecular weight is 238 g/mol. The molecule has 0 aromatic heterocycles. The molecule has 1 unspecified atom stereocenters. The average Bonchev–Trinajstić information content (AvgIpc) is 2.15. The Hall–Kier alpha value is -0.660. The van der Waals surface area contributed by atoms with Gasteiger partial charge in [0.2, 0.25) is 10.0 Å². The maximum absolute atomic E-state index is 11.3. The zero-order chi connectivity index (χ0) is 12.1. The Kier molecular flexibility index (Phi) is 5.77. The van der Waals surface area contributed by atoms with Crippen molar-refractivity contribution in [2.75, 3.05) is 26.7 Å². The maximum atomic E-state index is 11.3. The first kappa shape index (κ1) is 14.3. The topological polar surface area (TPSA) is 86.7 Å². The molecule has 7 heteroatoms. The van der Waals surface area contributed by atoms with Gasteiger partial charge in [-0.05, 0) is 20.5 Å². The van der Waals surface area contributed by atoms with E-state index in [1.807, 2.05) is 18.9 Å². The zero-order valence-electron chi connectivity index (χ0n) is 9.23. The fourth-order valence-corrected chi connectivity index (χ4v) is 1.69. The summed E-state index contributed by atoms with van der Waals surface area (Å²) in [5, 5.41) is 7.13. The molecule has 0 saturated carbocycles. The summed E-state index contributed by atoms with van der Waals surface area (Å²) in [5.41, 5.74) is 0. The summed E-state index contributed by atoms with van der Waals surface area (Å²) in [6.45, 7) is 4.70. The van der Waals surface area contributed by atoms with Gasteiger partial charge < -0.3 is 10.0 Å². The molecule has 0 amide bonds. The van der Waals surface area contributed by atoms with E-state index in [0.29, 0.717) is 6.54 Å². The molecule has 0 saturated heterocycles. The summed E-state index contributed by atoms with van der Waals surface area (Å²) < 4.78 is 24.9. The highest BCUT2D eigenvalue weighted by molar-refractivity contribution is 7.90. The van der Waals surface area contributed by atoms with Crippen LogP contribution in [0.25, 0.3) is 0 Å². The molecule has 1 atom stereocenters. The molecule has 0 heterocycles. The lowest BCUT2D eigenvalue weighted by atomic mass is 10.5.